The molecule has 2 heterocycles. The summed E-state index contributed by atoms with van der Waals surface area (Å²) in [6.45, 7) is 7.99. The second-order valence-corrected chi connectivity index (χ2v) is 5.78. The molecule has 0 amide bonds. The fraction of sp³-hybridized carbons (Fsp3) is 0.500. The van der Waals surface area contributed by atoms with Crippen LogP contribution in [0.5, 0.6) is 0 Å². The number of rotatable bonds is 4. The topological polar surface area (TPSA) is 47.8 Å². The molecule has 0 atom stereocenters. The average Bonchev–Trinajstić information content (AvgIpc) is 2.92. The zero-order valence-electron chi connectivity index (χ0n) is 11.9. The smallest absolute Gasteiger partial charge is 0.265 e. The van der Waals surface area contributed by atoms with Crippen LogP contribution in [0, 0.1) is 20.8 Å². The third kappa shape index (κ3) is 2.76. The first-order chi connectivity index (χ1) is 9.04. The Morgan fingerprint density at radius 2 is 2.11 bits per heavy atom. The van der Waals surface area contributed by atoms with Crippen molar-refractivity contribution in [1.29, 1.82) is 0 Å². The predicted octanol–water partition coefficient (Wildman–Crippen LogP) is 3.30. The van der Waals surface area contributed by atoms with Crippen LogP contribution < -0.4 is 0 Å². The van der Waals surface area contributed by atoms with Crippen molar-refractivity contribution in [2.24, 2.45) is 0 Å². The Morgan fingerprint density at radius 3 is 2.68 bits per heavy atom. The van der Waals surface area contributed by atoms with E-state index in [1.54, 1.807) is 5.38 Å². The predicted molar refractivity (Wildman–Crippen MR) is 76.9 cm³/mol. The van der Waals surface area contributed by atoms with Gasteiger partial charge in [-0.05, 0) is 39.2 Å². The van der Waals surface area contributed by atoms with Gasteiger partial charge in [-0.15, -0.1) is 11.3 Å². The van der Waals surface area contributed by atoms with E-state index >= 15 is 0 Å². The third-order valence-electron chi connectivity index (χ3n) is 3.25. The maximum atomic E-state index is 12.4. The Bertz CT molecular complexity index is 598. The van der Waals surface area contributed by atoms with Crippen LogP contribution in [0.2, 0.25) is 0 Å². The second kappa shape index (κ2) is 5.65. The third-order valence-corrected chi connectivity index (χ3v) is 4.03. The van der Waals surface area contributed by atoms with Gasteiger partial charge in [-0.25, -0.2) is 4.98 Å². The van der Waals surface area contributed by atoms with Crippen LogP contribution in [0.25, 0.3) is 0 Å². The van der Waals surface area contributed by atoms with Crippen LogP contribution in [-0.2, 0) is 6.42 Å². The van der Waals surface area contributed by atoms with Crippen LogP contribution in [0.3, 0.4) is 0 Å². The van der Waals surface area contributed by atoms with Gasteiger partial charge in [0.15, 0.2) is 0 Å². The molecule has 0 saturated carbocycles. The lowest BCUT2D eigenvalue weighted by Crippen LogP contribution is -2.16. The molecule has 2 aromatic heterocycles. The molecule has 2 aromatic rings. The first kappa shape index (κ1) is 13.9. The van der Waals surface area contributed by atoms with Gasteiger partial charge in [0.05, 0.1) is 10.7 Å². The van der Waals surface area contributed by atoms with E-state index < -0.39 is 0 Å². The molecule has 19 heavy (non-hydrogen) atoms. The number of unbranched alkanes of at least 4 members (excludes halogenated alkanes) is 1. The summed E-state index contributed by atoms with van der Waals surface area (Å²) in [7, 11) is 0. The zero-order valence-corrected chi connectivity index (χ0v) is 12.7. The molecule has 5 heteroatoms. The minimum atomic E-state index is -0.132. The molecule has 0 aliphatic heterocycles. The van der Waals surface area contributed by atoms with Crippen molar-refractivity contribution in [2.75, 3.05) is 0 Å². The molecule has 0 aliphatic rings. The average molecular weight is 277 g/mol. The van der Waals surface area contributed by atoms with Crippen LogP contribution in [0.1, 0.15) is 52.2 Å². The van der Waals surface area contributed by atoms with Crippen molar-refractivity contribution in [3.05, 3.63) is 33.0 Å². The summed E-state index contributed by atoms with van der Waals surface area (Å²) in [4.78, 5) is 16.6. The summed E-state index contributed by atoms with van der Waals surface area (Å²) in [5.41, 5.74) is 3.57. The second-order valence-electron chi connectivity index (χ2n) is 4.72. The molecule has 0 saturated heterocycles. The van der Waals surface area contributed by atoms with E-state index in [-0.39, 0.29) is 5.91 Å². The maximum absolute atomic E-state index is 12.4. The van der Waals surface area contributed by atoms with Crippen LogP contribution in [-0.4, -0.2) is 20.7 Å². The van der Waals surface area contributed by atoms with Crippen molar-refractivity contribution in [3.8, 4) is 0 Å². The van der Waals surface area contributed by atoms with Gasteiger partial charge < -0.3 is 0 Å². The standard InChI is InChI=1S/C14H19N3OS/c1-5-6-7-12-9(2)16-17(10(12)3)14(18)13-8-19-11(4)15-13/h8H,5-7H2,1-4H3. The van der Waals surface area contributed by atoms with Gasteiger partial charge in [0.2, 0.25) is 0 Å². The van der Waals surface area contributed by atoms with Crippen molar-refractivity contribution < 1.29 is 4.79 Å². The van der Waals surface area contributed by atoms with Crippen LogP contribution >= 0.6 is 11.3 Å². The van der Waals surface area contributed by atoms with Crippen molar-refractivity contribution in [3.63, 3.8) is 0 Å². The number of carbonyl (C=O) groups is 1. The lowest BCUT2D eigenvalue weighted by atomic mass is 10.1. The van der Waals surface area contributed by atoms with Gasteiger partial charge in [-0.2, -0.15) is 9.78 Å². The lowest BCUT2D eigenvalue weighted by Gasteiger charge is -2.02. The van der Waals surface area contributed by atoms with Crippen molar-refractivity contribution in [2.45, 2.75) is 47.0 Å². The zero-order chi connectivity index (χ0) is 14.0. The molecule has 102 valence electrons. The SMILES string of the molecule is CCCCc1c(C)nn(C(=O)c2csc(C)n2)c1C. The minimum absolute atomic E-state index is 0.132. The molecule has 0 radical (unpaired) electrons. The van der Waals surface area contributed by atoms with Crippen molar-refractivity contribution in [1.82, 2.24) is 14.8 Å². The highest BCUT2D eigenvalue weighted by Crippen LogP contribution is 2.18. The molecule has 0 unspecified atom stereocenters. The molecule has 2 rings (SSSR count). The molecule has 0 spiro atoms. The summed E-state index contributed by atoms with van der Waals surface area (Å²) in [5, 5.41) is 7.07. The van der Waals surface area contributed by atoms with Gasteiger partial charge in [0, 0.05) is 11.1 Å². The summed E-state index contributed by atoms with van der Waals surface area (Å²) >= 11 is 1.49. The Kier molecular flexibility index (Phi) is 4.14. The minimum Gasteiger partial charge on any atom is -0.265 e. The largest absolute Gasteiger partial charge is 0.297 e. The van der Waals surface area contributed by atoms with Gasteiger partial charge >= 0.3 is 0 Å². The van der Waals surface area contributed by atoms with E-state index in [9.17, 15) is 4.79 Å². The van der Waals surface area contributed by atoms with Gasteiger partial charge in [0.1, 0.15) is 5.69 Å². The number of carbonyl (C=O) groups excluding carboxylic acids is 1. The monoisotopic (exact) mass is 277 g/mol. The summed E-state index contributed by atoms with van der Waals surface area (Å²) in [6, 6.07) is 0. The molecule has 4 nitrogen and oxygen atoms in total. The fourth-order valence-electron chi connectivity index (χ4n) is 2.16. The normalized spacial score (nSPS) is 10.9. The highest BCUT2D eigenvalue weighted by Gasteiger charge is 2.19. The fourth-order valence-corrected chi connectivity index (χ4v) is 2.74. The molecule has 0 N–H and O–H groups in total. The summed E-state index contributed by atoms with van der Waals surface area (Å²) < 4.78 is 1.49. The first-order valence-corrected chi connectivity index (χ1v) is 7.44. The first-order valence-electron chi connectivity index (χ1n) is 6.56. The Balaban J connectivity index is 2.33. The quantitative estimate of drug-likeness (QED) is 0.861. The summed E-state index contributed by atoms with van der Waals surface area (Å²) in [6.07, 6.45) is 3.25. The molecular formula is C14H19N3OS. The highest BCUT2D eigenvalue weighted by atomic mass is 32.1. The summed E-state index contributed by atoms with van der Waals surface area (Å²) in [5.74, 6) is -0.132. The number of aromatic nitrogens is 3. The number of thiazole rings is 1. The molecule has 0 aliphatic carbocycles. The maximum Gasteiger partial charge on any atom is 0.297 e. The van der Waals surface area contributed by atoms with Gasteiger partial charge in [-0.1, -0.05) is 13.3 Å². The van der Waals surface area contributed by atoms with E-state index in [4.69, 9.17) is 0 Å². The molecule has 0 bridgehead atoms. The number of hydrogen-bond acceptors (Lipinski definition) is 4. The number of nitrogens with zero attached hydrogens (tertiary/aromatic N) is 3. The number of aryl methyl sites for hydroxylation is 2. The Labute approximate surface area is 117 Å². The molecule has 0 fully saturated rings. The van der Waals surface area contributed by atoms with Gasteiger partial charge in [-0.3, -0.25) is 4.79 Å². The Hall–Kier alpha value is -1.49. The van der Waals surface area contributed by atoms with E-state index in [1.165, 1.54) is 21.6 Å². The van der Waals surface area contributed by atoms with E-state index in [2.05, 4.69) is 17.0 Å². The van der Waals surface area contributed by atoms with Crippen LogP contribution in [0.4, 0.5) is 0 Å². The molecule has 0 aromatic carbocycles. The molecular weight excluding hydrogens is 258 g/mol. The van der Waals surface area contributed by atoms with Crippen molar-refractivity contribution >= 4 is 17.2 Å². The van der Waals surface area contributed by atoms with E-state index in [0.717, 1.165) is 35.7 Å². The van der Waals surface area contributed by atoms with Crippen LogP contribution in [0.15, 0.2) is 5.38 Å². The lowest BCUT2D eigenvalue weighted by molar-refractivity contribution is 0.0938. The highest BCUT2D eigenvalue weighted by molar-refractivity contribution is 7.09. The van der Waals surface area contributed by atoms with E-state index in [1.807, 2.05) is 20.8 Å². The van der Waals surface area contributed by atoms with Gasteiger partial charge in [0.25, 0.3) is 5.91 Å². The Morgan fingerprint density at radius 1 is 1.37 bits per heavy atom. The van der Waals surface area contributed by atoms with E-state index in [0.29, 0.717) is 5.69 Å². The number of hydrogen-bond donors (Lipinski definition) is 0.